The fraction of sp³-hybridized carbons (Fsp3) is 0.583. The molecule has 4 nitrogen and oxygen atoms in total. The van der Waals surface area contributed by atoms with Gasteiger partial charge in [0.15, 0.2) is 0 Å². The van der Waals surface area contributed by atoms with Gasteiger partial charge in [0.25, 0.3) is 0 Å². The van der Waals surface area contributed by atoms with Crippen LogP contribution in [0.2, 0.25) is 0 Å². The van der Waals surface area contributed by atoms with Crippen molar-refractivity contribution in [3.8, 4) is 5.88 Å². The molecule has 1 atom stereocenters. The number of ether oxygens (including phenoxy) is 1. The summed E-state index contributed by atoms with van der Waals surface area (Å²) in [6, 6.07) is 5.98. The minimum Gasteiger partial charge on any atom is -0.478 e. The average Bonchev–Trinajstić information content (AvgIpc) is 2.30. The number of nitrogens with two attached hydrogens (primary N) is 1. The van der Waals surface area contributed by atoms with Crippen molar-refractivity contribution in [2.45, 2.75) is 32.7 Å². The molecule has 0 fully saturated rings. The quantitative estimate of drug-likeness (QED) is 0.742. The first-order chi connectivity index (χ1) is 7.76. The smallest absolute Gasteiger partial charge is 0.215 e. The normalized spacial score (nSPS) is 12.2. The summed E-state index contributed by atoms with van der Waals surface area (Å²) in [5.41, 5.74) is 5.83. The summed E-state index contributed by atoms with van der Waals surface area (Å²) in [6.45, 7) is 5.52. The van der Waals surface area contributed by atoms with Crippen LogP contribution >= 0.6 is 0 Å². The van der Waals surface area contributed by atoms with Crippen molar-refractivity contribution in [3.63, 3.8) is 0 Å². The van der Waals surface area contributed by atoms with Gasteiger partial charge in [-0.05, 0) is 25.8 Å². The van der Waals surface area contributed by atoms with E-state index in [9.17, 15) is 0 Å². The van der Waals surface area contributed by atoms with Crippen molar-refractivity contribution in [2.24, 2.45) is 5.73 Å². The van der Waals surface area contributed by atoms with E-state index in [0.717, 1.165) is 25.2 Å². The molecule has 4 heteroatoms. The molecule has 0 aliphatic carbocycles. The van der Waals surface area contributed by atoms with Gasteiger partial charge in [0.2, 0.25) is 5.88 Å². The first kappa shape index (κ1) is 12.8. The summed E-state index contributed by atoms with van der Waals surface area (Å²) in [5.74, 6) is 1.50. The Morgan fingerprint density at radius 1 is 1.44 bits per heavy atom. The summed E-state index contributed by atoms with van der Waals surface area (Å²) in [5, 5.41) is 3.24. The van der Waals surface area contributed by atoms with Crippen LogP contribution in [0.15, 0.2) is 18.2 Å². The van der Waals surface area contributed by atoms with Gasteiger partial charge in [-0.1, -0.05) is 13.0 Å². The van der Waals surface area contributed by atoms with Gasteiger partial charge in [0, 0.05) is 18.7 Å². The highest BCUT2D eigenvalue weighted by atomic mass is 16.5. The zero-order valence-electron chi connectivity index (χ0n) is 10.1. The van der Waals surface area contributed by atoms with E-state index < -0.39 is 0 Å². The lowest BCUT2D eigenvalue weighted by Gasteiger charge is -2.10. The molecule has 0 saturated carbocycles. The van der Waals surface area contributed by atoms with Crippen molar-refractivity contribution in [2.75, 3.05) is 18.5 Å². The molecule has 0 spiro atoms. The van der Waals surface area contributed by atoms with Gasteiger partial charge in [0.05, 0.1) is 6.61 Å². The topological polar surface area (TPSA) is 60.2 Å². The van der Waals surface area contributed by atoms with Gasteiger partial charge < -0.3 is 15.8 Å². The third-order valence-electron chi connectivity index (χ3n) is 2.36. The van der Waals surface area contributed by atoms with E-state index in [-0.39, 0.29) is 6.04 Å². The molecule has 0 amide bonds. The first-order valence-electron chi connectivity index (χ1n) is 5.85. The third-order valence-corrected chi connectivity index (χ3v) is 2.36. The predicted molar refractivity (Wildman–Crippen MR) is 66.8 cm³/mol. The van der Waals surface area contributed by atoms with Crippen LogP contribution in [0.5, 0.6) is 5.88 Å². The Labute approximate surface area is 97.2 Å². The van der Waals surface area contributed by atoms with Crippen molar-refractivity contribution < 1.29 is 4.74 Å². The minimum atomic E-state index is 0.266. The van der Waals surface area contributed by atoms with E-state index >= 15 is 0 Å². The van der Waals surface area contributed by atoms with Gasteiger partial charge in [-0.3, -0.25) is 0 Å². The molecule has 1 rings (SSSR count). The highest BCUT2D eigenvalue weighted by molar-refractivity contribution is 5.36. The molecule has 0 saturated heterocycles. The number of anilines is 1. The minimum absolute atomic E-state index is 0.266. The number of hydrogen-bond acceptors (Lipinski definition) is 4. The van der Waals surface area contributed by atoms with Crippen molar-refractivity contribution >= 4 is 5.82 Å². The Morgan fingerprint density at radius 3 is 2.94 bits per heavy atom. The lowest BCUT2D eigenvalue weighted by Crippen LogP contribution is -2.22. The average molecular weight is 223 g/mol. The monoisotopic (exact) mass is 223 g/mol. The molecule has 0 aliphatic heterocycles. The second-order valence-electron chi connectivity index (χ2n) is 3.68. The van der Waals surface area contributed by atoms with Gasteiger partial charge in [-0.15, -0.1) is 0 Å². The molecule has 0 aliphatic rings. The molecule has 0 bridgehead atoms. The summed E-state index contributed by atoms with van der Waals surface area (Å²) >= 11 is 0. The second-order valence-corrected chi connectivity index (χ2v) is 3.68. The van der Waals surface area contributed by atoms with Crippen LogP contribution in [0.3, 0.4) is 0 Å². The number of aromatic nitrogens is 1. The van der Waals surface area contributed by atoms with Crippen molar-refractivity contribution in [3.05, 3.63) is 18.2 Å². The van der Waals surface area contributed by atoms with Gasteiger partial charge in [-0.2, -0.15) is 4.98 Å². The maximum atomic E-state index is 5.83. The Balaban J connectivity index is 2.38. The van der Waals surface area contributed by atoms with Crippen LogP contribution in [-0.4, -0.2) is 24.2 Å². The van der Waals surface area contributed by atoms with Crippen LogP contribution < -0.4 is 15.8 Å². The SMILES string of the molecule is CCOc1cccc(NCCC(N)CC)n1. The number of nitrogens with zero attached hydrogens (tertiary/aromatic N) is 1. The summed E-state index contributed by atoms with van der Waals surface area (Å²) < 4.78 is 5.32. The van der Waals surface area contributed by atoms with E-state index in [0.29, 0.717) is 12.5 Å². The van der Waals surface area contributed by atoms with E-state index in [4.69, 9.17) is 10.5 Å². The molecule has 16 heavy (non-hydrogen) atoms. The van der Waals surface area contributed by atoms with Gasteiger partial charge in [-0.25, -0.2) is 0 Å². The number of nitrogens with one attached hydrogen (secondary N) is 1. The maximum absolute atomic E-state index is 5.83. The molecule has 1 heterocycles. The Hall–Kier alpha value is -1.29. The molecule has 1 aromatic rings. The highest BCUT2D eigenvalue weighted by Gasteiger charge is 2.00. The standard InChI is InChI=1S/C12H21N3O/c1-3-10(13)8-9-14-11-6-5-7-12(15-11)16-4-2/h5-7,10H,3-4,8-9,13H2,1-2H3,(H,14,15). The molecule has 90 valence electrons. The number of hydrogen-bond donors (Lipinski definition) is 2. The van der Waals surface area contributed by atoms with E-state index in [1.807, 2.05) is 25.1 Å². The largest absolute Gasteiger partial charge is 0.478 e. The summed E-state index contributed by atoms with van der Waals surface area (Å²) in [4.78, 5) is 4.31. The molecule has 1 aromatic heterocycles. The molecular weight excluding hydrogens is 202 g/mol. The van der Waals surface area contributed by atoms with Crippen LogP contribution in [0.1, 0.15) is 26.7 Å². The van der Waals surface area contributed by atoms with Crippen LogP contribution in [0.4, 0.5) is 5.82 Å². The molecule has 0 aromatic carbocycles. The lowest BCUT2D eigenvalue weighted by molar-refractivity contribution is 0.327. The fourth-order valence-electron chi connectivity index (χ4n) is 1.33. The first-order valence-corrected chi connectivity index (χ1v) is 5.85. The van der Waals surface area contributed by atoms with Crippen LogP contribution in [0, 0.1) is 0 Å². The molecular formula is C12H21N3O. The van der Waals surface area contributed by atoms with E-state index in [1.54, 1.807) is 0 Å². The Bertz CT molecular complexity index is 304. The number of pyridine rings is 1. The lowest BCUT2D eigenvalue weighted by atomic mass is 10.2. The fourth-order valence-corrected chi connectivity index (χ4v) is 1.33. The van der Waals surface area contributed by atoms with E-state index in [1.165, 1.54) is 0 Å². The summed E-state index contributed by atoms with van der Waals surface area (Å²) in [7, 11) is 0. The molecule has 0 radical (unpaired) electrons. The zero-order valence-corrected chi connectivity index (χ0v) is 10.1. The highest BCUT2D eigenvalue weighted by Crippen LogP contribution is 2.11. The van der Waals surface area contributed by atoms with Crippen LogP contribution in [-0.2, 0) is 0 Å². The molecule has 3 N–H and O–H groups in total. The van der Waals surface area contributed by atoms with Gasteiger partial charge in [0.1, 0.15) is 5.82 Å². The second kappa shape index (κ2) is 7.06. The molecule has 1 unspecified atom stereocenters. The van der Waals surface area contributed by atoms with Crippen LogP contribution in [0.25, 0.3) is 0 Å². The Morgan fingerprint density at radius 2 is 2.25 bits per heavy atom. The van der Waals surface area contributed by atoms with Crippen molar-refractivity contribution in [1.29, 1.82) is 0 Å². The predicted octanol–water partition coefficient (Wildman–Crippen LogP) is 2.02. The van der Waals surface area contributed by atoms with Crippen molar-refractivity contribution in [1.82, 2.24) is 4.98 Å². The summed E-state index contributed by atoms with van der Waals surface area (Å²) in [6.07, 6.45) is 1.96. The third kappa shape index (κ3) is 4.49. The van der Waals surface area contributed by atoms with Gasteiger partial charge >= 0.3 is 0 Å². The number of rotatable bonds is 7. The maximum Gasteiger partial charge on any atom is 0.215 e. The van der Waals surface area contributed by atoms with E-state index in [2.05, 4.69) is 17.2 Å². The zero-order chi connectivity index (χ0) is 11.8. The Kier molecular flexibility index (Phi) is 5.64.